The molecule has 3 rings (SSSR count). The van der Waals surface area contributed by atoms with Crippen molar-refractivity contribution in [1.82, 2.24) is 15.3 Å². The molecule has 3 N–H and O–H groups in total. The van der Waals surface area contributed by atoms with Crippen molar-refractivity contribution in [3.8, 4) is 6.07 Å². The van der Waals surface area contributed by atoms with Gasteiger partial charge in [0.25, 0.3) is 5.91 Å². The van der Waals surface area contributed by atoms with Crippen LogP contribution < -0.4 is 20.9 Å². The number of benzene rings is 2. The van der Waals surface area contributed by atoms with Crippen molar-refractivity contribution in [2.75, 3.05) is 35.7 Å². The van der Waals surface area contributed by atoms with Crippen molar-refractivity contribution in [3.05, 3.63) is 83.3 Å². The number of rotatable bonds is 13. The second-order valence-electron chi connectivity index (χ2n) is 8.57. The van der Waals surface area contributed by atoms with Crippen LogP contribution in [0.5, 0.6) is 0 Å². The van der Waals surface area contributed by atoms with Crippen LogP contribution in [0.15, 0.2) is 61.3 Å². The molecule has 0 saturated carbocycles. The monoisotopic (exact) mass is 549 g/mol. The zero-order valence-electron chi connectivity index (χ0n) is 21.5. The second-order valence-corrected chi connectivity index (χ2v) is 8.98. The van der Waals surface area contributed by atoms with E-state index in [1.807, 2.05) is 6.07 Å². The molecule has 0 unspecified atom stereocenters. The molecule has 0 saturated heterocycles. The number of carbonyl (C=O) groups is 2. The fraction of sp³-hybridized carbons (Fsp3) is 0.250. The van der Waals surface area contributed by atoms with Gasteiger partial charge in [-0.15, -0.1) is 0 Å². The summed E-state index contributed by atoms with van der Waals surface area (Å²) in [4.78, 5) is 33.7. The summed E-state index contributed by atoms with van der Waals surface area (Å²) in [5, 5.41) is 18.3. The third-order valence-corrected chi connectivity index (χ3v) is 6.05. The molecule has 202 valence electrons. The van der Waals surface area contributed by atoms with Crippen molar-refractivity contribution in [3.63, 3.8) is 0 Å². The summed E-state index contributed by atoms with van der Waals surface area (Å²) in [5.41, 5.74) is 1.63. The maximum atomic E-state index is 14.2. The third-order valence-electron chi connectivity index (χ3n) is 5.77. The summed E-state index contributed by atoms with van der Waals surface area (Å²) in [6, 6.07) is 12.8. The summed E-state index contributed by atoms with van der Waals surface area (Å²) in [6.07, 6.45) is 6.18. The molecule has 0 atom stereocenters. The molecule has 0 bridgehead atoms. The summed E-state index contributed by atoms with van der Waals surface area (Å²) in [7, 11) is 1.46. The fourth-order valence-corrected chi connectivity index (χ4v) is 3.75. The molecule has 0 aliphatic carbocycles. The van der Waals surface area contributed by atoms with Crippen LogP contribution in [0.4, 0.5) is 27.5 Å². The van der Waals surface area contributed by atoms with Crippen molar-refractivity contribution < 1.29 is 14.0 Å². The molecular formula is C28H29ClFN7O2. The van der Waals surface area contributed by atoms with Crippen LogP contribution in [0.25, 0.3) is 0 Å². The Hall–Kier alpha value is -4.49. The van der Waals surface area contributed by atoms with E-state index in [2.05, 4.69) is 32.5 Å². The molecule has 3 aromatic rings. The molecule has 0 aliphatic heterocycles. The minimum absolute atomic E-state index is 0.0889. The highest BCUT2D eigenvalue weighted by Crippen LogP contribution is 2.26. The Bertz CT molecular complexity index is 1360. The molecule has 11 heteroatoms. The van der Waals surface area contributed by atoms with Gasteiger partial charge in [-0.2, -0.15) is 10.2 Å². The topological polar surface area (TPSA) is 123 Å². The molecule has 1 aromatic heterocycles. The van der Waals surface area contributed by atoms with E-state index < -0.39 is 11.7 Å². The molecule has 2 amide bonds. The molecule has 0 aliphatic rings. The van der Waals surface area contributed by atoms with Crippen molar-refractivity contribution in [2.45, 2.75) is 25.7 Å². The van der Waals surface area contributed by atoms with Gasteiger partial charge in [0.2, 0.25) is 11.9 Å². The first kappa shape index (κ1) is 29.1. The highest BCUT2D eigenvalue weighted by molar-refractivity contribution is 6.32. The predicted octanol–water partition coefficient (Wildman–Crippen LogP) is 5.44. The zero-order chi connectivity index (χ0) is 28.2. The molecule has 39 heavy (non-hydrogen) atoms. The Kier molecular flexibility index (Phi) is 10.8. The first-order chi connectivity index (χ1) is 18.8. The number of nitriles is 1. The van der Waals surface area contributed by atoms with E-state index in [0.29, 0.717) is 40.7 Å². The van der Waals surface area contributed by atoms with Gasteiger partial charge in [-0.25, -0.2) is 9.37 Å². The number of likely N-dealkylation sites (N-methyl/N-ethyl adjacent to an activating group) is 1. The Morgan fingerprint density at radius 2 is 1.85 bits per heavy atom. The van der Waals surface area contributed by atoms with Gasteiger partial charge >= 0.3 is 0 Å². The van der Waals surface area contributed by atoms with Crippen LogP contribution >= 0.6 is 11.6 Å². The maximum Gasteiger partial charge on any atom is 0.251 e. The van der Waals surface area contributed by atoms with Crippen molar-refractivity contribution >= 4 is 46.6 Å². The highest BCUT2D eigenvalue weighted by atomic mass is 35.5. The van der Waals surface area contributed by atoms with Crippen molar-refractivity contribution in [1.29, 1.82) is 5.26 Å². The second kappa shape index (κ2) is 14.4. The predicted molar refractivity (Wildman–Crippen MR) is 151 cm³/mol. The Morgan fingerprint density at radius 1 is 1.13 bits per heavy atom. The highest BCUT2D eigenvalue weighted by Gasteiger charge is 2.14. The van der Waals surface area contributed by atoms with E-state index in [0.717, 1.165) is 36.7 Å². The largest absolute Gasteiger partial charge is 0.369 e. The lowest BCUT2D eigenvalue weighted by molar-refractivity contribution is -0.113. The number of hydrogen-bond acceptors (Lipinski definition) is 7. The average Bonchev–Trinajstić information content (AvgIpc) is 2.96. The van der Waals surface area contributed by atoms with Crippen LogP contribution in [-0.4, -0.2) is 41.9 Å². The number of nitrogens with zero attached hydrogens (tertiary/aromatic N) is 4. The van der Waals surface area contributed by atoms with E-state index in [1.165, 1.54) is 31.4 Å². The van der Waals surface area contributed by atoms with Gasteiger partial charge in [0, 0.05) is 31.4 Å². The van der Waals surface area contributed by atoms with Gasteiger partial charge in [0.15, 0.2) is 0 Å². The molecular weight excluding hydrogens is 521 g/mol. The van der Waals surface area contributed by atoms with E-state index >= 15 is 0 Å². The Morgan fingerprint density at radius 3 is 2.54 bits per heavy atom. The van der Waals surface area contributed by atoms with Gasteiger partial charge in [-0.1, -0.05) is 31.0 Å². The lowest BCUT2D eigenvalue weighted by atomic mass is 10.1. The van der Waals surface area contributed by atoms with E-state index in [4.69, 9.17) is 16.9 Å². The van der Waals surface area contributed by atoms with Crippen LogP contribution in [-0.2, 0) is 4.79 Å². The smallest absolute Gasteiger partial charge is 0.251 e. The number of aromatic nitrogens is 2. The number of halogens is 2. The maximum absolute atomic E-state index is 14.2. The fourth-order valence-electron chi connectivity index (χ4n) is 3.59. The lowest BCUT2D eigenvalue weighted by Crippen LogP contribution is -2.24. The summed E-state index contributed by atoms with van der Waals surface area (Å²) >= 11 is 6.24. The molecule has 0 fully saturated rings. The first-order valence-corrected chi connectivity index (χ1v) is 12.7. The number of unbranched alkanes of at least 4 members (excludes halogenated alkanes) is 3. The molecule has 2 aromatic carbocycles. The zero-order valence-corrected chi connectivity index (χ0v) is 22.3. The number of carbonyl (C=O) groups excluding carboxylic acids is 2. The van der Waals surface area contributed by atoms with Crippen LogP contribution in [0.3, 0.4) is 0 Å². The molecule has 0 radical (unpaired) electrons. The average molecular weight is 550 g/mol. The van der Waals surface area contributed by atoms with Crippen molar-refractivity contribution in [2.24, 2.45) is 0 Å². The standard InChI is InChI=1S/C28H29ClFN7O2/c1-3-25(38)37(2)24-16-21(12-13-23(24)30)35-28-34-18-22(29)26(36-28)32-14-6-4-5-7-15-33-27(39)20-10-8-19(17-31)9-11-20/h3,8-13,16,18H,1,4-7,14-15H2,2H3,(H,33,39)(H2,32,34,35,36). The van der Waals surface area contributed by atoms with Gasteiger partial charge in [0.1, 0.15) is 16.7 Å². The lowest BCUT2D eigenvalue weighted by Gasteiger charge is -2.17. The quantitative estimate of drug-likeness (QED) is 0.192. The minimum atomic E-state index is -0.550. The van der Waals surface area contributed by atoms with E-state index in [1.54, 1.807) is 24.3 Å². The number of nitrogens with one attached hydrogen (secondary N) is 3. The summed E-state index contributed by atoms with van der Waals surface area (Å²) in [5.74, 6) is -0.419. The molecule has 9 nitrogen and oxygen atoms in total. The van der Waals surface area contributed by atoms with Gasteiger partial charge in [0.05, 0.1) is 23.5 Å². The third kappa shape index (κ3) is 8.51. The van der Waals surface area contributed by atoms with E-state index in [9.17, 15) is 14.0 Å². The van der Waals surface area contributed by atoms with Crippen LogP contribution in [0, 0.1) is 17.1 Å². The van der Waals surface area contributed by atoms with Gasteiger partial charge < -0.3 is 20.9 Å². The SMILES string of the molecule is C=CC(=O)N(C)c1cc(Nc2ncc(Cl)c(NCCCCCCNC(=O)c3ccc(C#N)cc3)n2)ccc1F. The normalized spacial score (nSPS) is 10.3. The minimum Gasteiger partial charge on any atom is -0.369 e. The van der Waals surface area contributed by atoms with Crippen LogP contribution in [0.2, 0.25) is 5.02 Å². The summed E-state index contributed by atoms with van der Waals surface area (Å²) < 4.78 is 14.2. The Labute approximate surface area is 231 Å². The Balaban J connectivity index is 1.42. The number of hydrogen-bond donors (Lipinski definition) is 3. The van der Waals surface area contributed by atoms with Gasteiger partial charge in [-0.3, -0.25) is 9.59 Å². The number of amides is 2. The first-order valence-electron chi connectivity index (χ1n) is 12.3. The summed E-state index contributed by atoms with van der Waals surface area (Å²) in [6.45, 7) is 4.64. The number of anilines is 4. The van der Waals surface area contributed by atoms with E-state index in [-0.39, 0.29) is 17.5 Å². The molecule has 1 heterocycles. The van der Waals surface area contributed by atoms with Gasteiger partial charge in [-0.05, 0) is 61.4 Å². The van der Waals surface area contributed by atoms with Crippen LogP contribution in [0.1, 0.15) is 41.6 Å². The molecule has 0 spiro atoms.